The molecule has 1 N–H and O–H groups in total. The molecule has 1 saturated heterocycles. The predicted octanol–water partition coefficient (Wildman–Crippen LogP) is 5.10. The van der Waals surface area contributed by atoms with Crippen molar-refractivity contribution < 1.29 is 18.1 Å². The number of nitrogens with one attached hydrogen (secondary N) is 1. The third-order valence-electron chi connectivity index (χ3n) is 5.94. The van der Waals surface area contributed by atoms with Crippen molar-refractivity contribution in [1.29, 1.82) is 0 Å². The summed E-state index contributed by atoms with van der Waals surface area (Å²) in [7, 11) is 0. The standard InChI is InChI=1S/C25H22F2N4O2/c26-19-9-7-17(8-10-19)18-13-22(28-14-18)25(32)31-11-3-4-16(15-31)12-23-29-24(30-33-23)20-5-1-2-6-21(20)27/h1-2,5-10,13-14,16,28H,3-4,11-12,15H2/t16-/m0/s1. The Balaban J connectivity index is 1.24. The van der Waals surface area contributed by atoms with Crippen LogP contribution in [-0.2, 0) is 6.42 Å². The van der Waals surface area contributed by atoms with Crippen molar-refractivity contribution in [3.05, 3.63) is 84.0 Å². The van der Waals surface area contributed by atoms with Crippen LogP contribution in [-0.4, -0.2) is 39.0 Å². The maximum Gasteiger partial charge on any atom is 0.270 e. The molecule has 4 aromatic rings. The summed E-state index contributed by atoms with van der Waals surface area (Å²) in [5.41, 5.74) is 2.47. The Labute approximate surface area is 189 Å². The third-order valence-corrected chi connectivity index (χ3v) is 5.94. The van der Waals surface area contributed by atoms with Gasteiger partial charge in [-0.2, -0.15) is 4.98 Å². The van der Waals surface area contributed by atoms with Crippen molar-refractivity contribution in [3.63, 3.8) is 0 Å². The molecule has 2 aromatic carbocycles. The van der Waals surface area contributed by atoms with E-state index in [9.17, 15) is 13.6 Å². The van der Waals surface area contributed by atoms with Crippen LogP contribution >= 0.6 is 0 Å². The van der Waals surface area contributed by atoms with Crippen LogP contribution in [0.25, 0.3) is 22.5 Å². The lowest BCUT2D eigenvalue weighted by Gasteiger charge is -2.31. The Bertz CT molecular complexity index is 1270. The van der Waals surface area contributed by atoms with E-state index in [1.54, 1.807) is 42.6 Å². The molecule has 0 unspecified atom stereocenters. The third kappa shape index (κ3) is 4.55. The first-order valence-electron chi connectivity index (χ1n) is 10.9. The SMILES string of the molecule is O=C(c1cc(-c2ccc(F)cc2)c[nH]1)N1CCC[C@@H](Cc2nc(-c3ccccc3F)no2)C1. The van der Waals surface area contributed by atoms with Gasteiger partial charge in [0.1, 0.15) is 17.3 Å². The topological polar surface area (TPSA) is 75.0 Å². The second kappa shape index (κ2) is 8.97. The second-order valence-corrected chi connectivity index (χ2v) is 8.26. The van der Waals surface area contributed by atoms with Gasteiger partial charge in [-0.25, -0.2) is 8.78 Å². The van der Waals surface area contributed by atoms with Crippen molar-refractivity contribution in [2.24, 2.45) is 5.92 Å². The van der Waals surface area contributed by atoms with Crippen molar-refractivity contribution in [1.82, 2.24) is 20.0 Å². The fourth-order valence-electron chi connectivity index (χ4n) is 4.25. The monoisotopic (exact) mass is 448 g/mol. The van der Waals surface area contributed by atoms with Gasteiger partial charge in [0.15, 0.2) is 0 Å². The molecule has 5 rings (SSSR count). The summed E-state index contributed by atoms with van der Waals surface area (Å²) in [4.78, 5) is 22.3. The highest BCUT2D eigenvalue weighted by atomic mass is 19.1. The first-order valence-corrected chi connectivity index (χ1v) is 10.9. The largest absolute Gasteiger partial charge is 0.357 e. The molecule has 0 aliphatic carbocycles. The van der Waals surface area contributed by atoms with Crippen LogP contribution in [0.1, 0.15) is 29.2 Å². The predicted molar refractivity (Wildman–Crippen MR) is 118 cm³/mol. The molecule has 1 fully saturated rings. The van der Waals surface area contributed by atoms with E-state index >= 15 is 0 Å². The lowest BCUT2D eigenvalue weighted by molar-refractivity contribution is 0.0663. The fourth-order valence-corrected chi connectivity index (χ4v) is 4.25. The Morgan fingerprint density at radius 3 is 2.76 bits per heavy atom. The van der Waals surface area contributed by atoms with Gasteiger partial charge in [0, 0.05) is 25.7 Å². The van der Waals surface area contributed by atoms with Gasteiger partial charge >= 0.3 is 0 Å². The molecule has 2 aromatic heterocycles. The van der Waals surface area contributed by atoms with Crippen molar-refractivity contribution in [3.8, 4) is 22.5 Å². The number of hydrogen-bond acceptors (Lipinski definition) is 4. The van der Waals surface area contributed by atoms with E-state index in [4.69, 9.17) is 4.52 Å². The van der Waals surface area contributed by atoms with Crippen LogP contribution in [0.15, 0.2) is 65.3 Å². The molecular weight excluding hydrogens is 426 g/mol. The van der Waals surface area contributed by atoms with E-state index in [0.29, 0.717) is 36.7 Å². The molecule has 33 heavy (non-hydrogen) atoms. The second-order valence-electron chi connectivity index (χ2n) is 8.26. The van der Waals surface area contributed by atoms with E-state index in [-0.39, 0.29) is 23.5 Å². The summed E-state index contributed by atoms with van der Waals surface area (Å²) < 4.78 is 32.5. The highest BCUT2D eigenvalue weighted by Crippen LogP contribution is 2.26. The molecule has 1 amide bonds. The lowest BCUT2D eigenvalue weighted by atomic mass is 9.94. The summed E-state index contributed by atoms with van der Waals surface area (Å²) in [5.74, 6) is 0.0591. The zero-order chi connectivity index (χ0) is 22.8. The number of aromatic amines is 1. The van der Waals surface area contributed by atoms with E-state index in [1.165, 1.54) is 18.2 Å². The maximum atomic E-state index is 14.0. The highest BCUT2D eigenvalue weighted by Gasteiger charge is 2.27. The number of benzene rings is 2. The Morgan fingerprint density at radius 1 is 1.12 bits per heavy atom. The minimum absolute atomic E-state index is 0.0781. The number of carbonyl (C=O) groups is 1. The van der Waals surface area contributed by atoms with Crippen LogP contribution in [0.2, 0.25) is 0 Å². The average molecular weight is 448 g/mol. The molecule has 1 atom stereocenters. The molecule has 0 bridgehead atoms. The molecule has 0 spiro atoms. The fraction of sp³-hybridized carbons (Fsp3) is 0.240. The molecule has 3 heterocycles. The van der Waals surface area contributed by atoms with Gasteiger partial charge in [-0.15, -0.1) is 0 Å². The van der Waals surface area contributed by atoms with Gasteiger partial charge in [0.2, 0.25) is 11.7 Å². The van der Waals surface area contributed by atoms with Gasteiger partial charge in [0.05, 0.1) is 5.56 Å². The van der Waals surface area contributed by atoms with E-state index in [2.05, 4.69) is 15.1 Å². The van der Waals surface area contributed by atoms with Gasteiger partial charge < -0.3 is 14.4 Å². The number of hydrogen-bond donors (Lipinski definition) is 1. The summed E-state index contributed by atoms with van der Waals surface area (Å²) in [5, 5.41) is 3.92. The minimum Gasteiger partial charge on any atom is -0.357 e. The number of piperidine rings is 1. The van der Waals surface area contributed by atoms with Crippen molar-refractivity contribution in [2.45, 2.75) is 19.3 Å². The van der Waals surface area contributed by atoms with E-state index in [1.807, 2.05) is 4.90 Å². The minimum atomic E-state index is -0.398. The number of aromatic nitrogens is 3. The number of rotatable bonds is 5. The Kier molecular flexibility index (Phi) is 5.73. The highest BCUT2D eigenvalue weighted by molar-refractivity contribution is 5.94. The average Bonchev–Trinajstić information content (AvgIpc) is 3.50. The van der Waals surface area contributed by atoms with Crippen LogP contribution in [0.5, 0.6) is 0 Å². The van der Waals surface area contributed by atoms with Crippen LogP contribution in [0, 0.1) is 17.6 Å². The van der Waals surface area contributed by atoms with Crippen LogP contribution in [0.3, 0.4) is 0 Å². The lowest BCUT2D eigenvalue weighted by Crippen LogP contribution is -2.40. The van der Waals surface area contributed by atoms with Gasteiger partial charge in [-0.05, 0) is 60.2 Å². The van der Waals surface area contributed by atoms with Gasteiger partial charge in [0.25, 0.3) is 5.91 Å². The van der Waals surface area contributed by atoms with Crippen LogP contribution in [0.4, 0.5) is 8.78 Å². The summed E-state index contributed by atoms with van der Waals surface area (Å²) in [6.45, 7) is 1.24. The van der Waals surface area contributed by atoms with E-state index < -0.39 is 5.82 Å². The first-order chi connectivity index (χ1) is 16.1. The number of nitrogens with zero attached hydrogens (tertiary/aromatic N) is 3. The molecular formula is C25H22F2N4O2. The molecule has 0 saturated carbocycles. The summed E-state index contributed by atoms with van der Waals surface area (Å²) >= 11 is 0. The van der Waals surface area contributed by atoms with E-state index in [0.717, 1.165) is 24.0 Å². The van der Waals surface area contributed by atoms with Crippen LogP contribution < -0.4 is 0 Å². The zero-order valence-corrected chi connectivity index (χ0v) is 17.8. The number of likely N-dealkylation sites (tertiary alicyclic amines) is 1. The number of H-pyrrole nitrogens is 1. The van der Waals surface area contributed by atoms with Crippen molar-refractivity contribution in [2.75, 3.05) is 13.1 Å². The van der Waals surface area contributed by atoms with Crippen molar-refractivity contribution >= 4 is 5.91 Å². The molecule has 1 aliphatic heterocycles. The first kappa shape index (κ1) is 21.1. The summed E-state index contributed by atoms with van der Waals surface area (Å²) in [6, 6.07) is 14.3. The molecule has 1 aliphatic rings. The smallest absolute Gasteiger partial charge is 0.270 e. The number of carbonyl (C=O) groups excluding carboxylic acids is 1. The number of amides is 1. The van der Waals surface area contributed by atoms with Gasteiger partial charge in [-0.1, -0.05) is 29.4 Å². The summed E-state index contributed by atoms with van der Waals surface area (Å²) in [6.07, 6.45) is 4.09. The Morgan fingerprint density at radius 2 is 1.94 bits per heavy atom. The molecule has 168 valence electrons. The maximum absolute atomic E-state index is 14.0. The van der Waals surface area contributed by atoms with Gasteiger partial charge in [-0.3, -0.25) is 4.79 Å². The normalized spacial score (nSPS) is 16.2. The Hall–Kier alpha value is -3.81. The number of halogens is 2. The molecule has 6 nitrogen and oxygen atoms in total. The molecule has 8 heteroatoms. The molecule has 0 radical (unpaired) electrons. The zero-order valence-electron chi connectivity index (χ0n) is 17.8. The quantitative estimate of drug-likeness (QED) is 0.461.